The summed E-state index contributed by atoms with van der Waals surface area (Å²) in [5.41, 5.74) is 12.7. The largest absolute Gasteiger partial charge is 0.507 e. The van der Waals surface area contributed by atoms with Gasteiger partial charge in [0.15, 0.2) is 0 Å². The molecule has 8 bridgehead atoms. The van der Waals surface area contributed by atoms with Crippen molar-refractivity contribution in [1.29, 1.82) is 0 Å². The van der Waals surface area contributed by atoms with Crippen molar-refractivity contribution in [3.8, 4) is 23.0 Å². The van der Waals surface area contributed by atoms with Gasteiger partial charge in [-0.1, -0.05) is 157 Å². The minimum Gasteiger partial charge on any atom is -0.507 e. The average Bonchev–Trinajstić information content (AvgIpc) is 3.11. The SMILES string of the molecule is C=CCOc1c2cc(C(C)(C)C)cc1Cc1cc(C(C)(C)C)cc(c1O)CCCc1cc(C(C)(C)C)cc(c1OCC=C)Cc1cc(C(C)(C)C)cc(c1O)CCC2. The van der Waals surface area contributed by atoms with Crippen LogP contribution in [0.5, 0.6) is 23.0 Å². The number of hydrogen-bond donors (Lipinski definition) is 2. The van der Waals surface area contributed by atoms with Crippen molar-refractivity contribution < 1.29 is 19.7 Å². The first-order valence-corrected chi connectivity index (χ1v) is 21.5. The standard InChI is InChI=1S/C54H72O4/c1-15-23-57-49-37-21-17-19-35-27-44(52(6,7)8)32-40(48(35)56)26-42-34-46(54(12,13)14)30-38(50(42)58-24-16-2)22-18-20-36-28-43(51(3,4)5)31-39(47(36)55)25-41(49)33-45(29-37)53(9,10)11/h15-16,27-34,55-56H,1-2,17-26H2,3-14H3. The van der Waals surface area contributed by atoms with Gasteiger partial charge in [-0.05, 0) is 127 Å². The summed E-state index contributed by atoms with van der Waals surface area (Å²) >= 11 is 0. The number of hydrogen-bond acceptors (Lipinski definition) is 4. The van der Waals surface area contributed by atoms with E-state index in [-0.39, 0.29) is 21.7 Å². The Bertz CT molecular complexity index is 1970. The van der Waals surface area contributed by atoms with Crippen LogP contribution in [0.2, 0.25) is 0 Å². The number of aryl methyl sites for hydroxylation is 4. The highest BCUT2D eigenvalue weighted by Gasteiger charge is 2.26. The van der Waals surface area contributed by atoms with E-state index in [9.17, 15) is 10.2 Å². The van der Waals surface area contributed by atoms with E-state index >= 15 is 0 Å². The molecule has 0 spiro atoms. The number of benzene rings is 4. The van der Waals surface area contributed by atoms with Crippen molar-refractivity contribution in [3.05, 3.63) is 141 Å². The zero-order valence-electron chi connectivity index (χ0n) is 38.0. The van der Waals surface area contributed by atoms with Crippen LogP contribution in [-0.2, 0) is 60.2 Å². The first-order valence-electron chi connectivity index (χ1n) is 21.5. The van der Waals surface area contributed by atoms with Gasteiger partial charge in [-0.3, -0.25) is 0 Å². The smallest absolute Gasteiger partial charge is 0.126 e. The Hall–Kier alpha value is -4.44. The number of aromatic hydroxyl groups is 2. The Morgan fingerprint density at radius 3 is 0.983 bits per heavy atom. The molecule has 0 fully saturated rings. The Balaban J connectivity index is 1.78. The third-order valence-corrected chi connectivity index (χ3v) is 11.7. The second kappa shape index (κ2) is 17.4. The summed E-state index contributed by atoms with van der Waals surface area (Å²) in [6, 6.07) is 18.0. The minimum atomic E-state index is -0.110. The van der Waals surface area contributed by atoms with Crippen LogP contribution in [0.1, 0.15) is 163 Å². The molecule has 0 heterocycles. The van der Waals surface area contributed by atoms with Crippen LogP contribution >= 0.6 is 0 Å². The molecule has 5 rings (SSSR count). The molecule has 0 unspecified atom stereocenters. The summed E-state index contributed by atoms with van der Waals surface area (Å²) in [6.07, 6.45) is 9.30. The summed E-state index contributed by atoms with van der Waals surface area (Å²) in [4.78, 5) is 0. The van der Waals surface area contributed by atoms with Gasteiger partial charge in [0.25, 0.3) is 0 Å². The second-order valence-electron chi connectivity index (χ2n) is 20.8. The zero-order valence-corrected chi connectivity index (χ0v) is 38.0. The highest BCUT2D eigenvalue weighted by molar-refractivity contribution is 5.55. The fourth-order valence-corrected chi connectivity index (χ4v) is 8.05. The van der Waals surface area contributed by atoms with Crippen LogP contribution in [0, 0.1) is 0 Å². The van der Waals surface area contributed by atoms with E-state index in [4.69, 9.17) is 9.47 Å². The van der Waals surface area contributed by atoms with Crippen LogP contribution in [0.4, 0.5) is 0 Å². The first-order chi connectivity index (χ1) is 27.0. The first kappa shape index (κ1) is 44.7. The van der Waals surface area contributed by atoms with E-state index in [0.29, 0.717) is 50.4 Å². The molecule has 0 atom stereocenters. The lowest BCUT2D eigenvalue weighted by Crippen LogP contribution is -2.15. The maximum atomic E-state index is 12.1. The maximum Gasteiger partial charge on any atom is 0.126 e. The van der Waals surface area contributed by atoms with E-state index in [2.05, 4.69) is 145 Å². The topological polar surface area (TPSA) is 58.9 Å². The van der Waals surface area contributed by atoms with Crippen LogP contribution in [0.25, 0.3) is 0 Å². The lowest BCUT2D eigenvalue weighted by atomic mass is 9.80. The monoisotopic (exact) mass is 785 g/mol. The molecule has 312 valence electrons. The van der Waals surface area contributed by atoms with Crippen molar-refractivity contribution in [2.75, 3.05) is 13.2 Å². The van der Waals surface area contributed by atoms with Gasteiger partial charge < -0.3 is 19.7 Å². The molecule has 4 aromatic rings. The highest BCUT2D eigenvalue weighted by Crippen LogP contribution is 2.41. The fourth-order valence-electron chi connectivity index (χ4n) is 8.05. The number of rotatable bonds is 6. The summed E-state index contributed by atoms with van der Waals surface area (Å²) in [7, 11) is 0. The Kier molecular flexibility index (Phi) is 13.4. The number of phenols is 2. The molecule has 0 radical (unpaired) electrons. The molecule has 4 aromatic carbocycles. The third kappa shape index (κ3) is 10.6. The quantitative estimate of drug-likeness (QED) is 0.191. The predicted molar refractivity (Wildman–Crippen MR) is 245 cm³/mol. The normalized spacial score (nSPS) is 14.4. The van der Waals surface area contributed by atoms with Crippen LogP contribution in [0.3, 0.4) is 0 Å². The van der Waals surface area contributed by atoms with Crippen molar-refractivity contribution in [1.82, 2.24) is 0 Å². The van der Waals surface area contributed by atoms with E-state index in [1.807, 2.05) is 0 Å². The van der Waals surface area contributed by atoms with Gasteiger partial charge in [0, 0.05) is 12.8 Å². The van der Waals surface area contributed by atoms with Crippen LogP contribution in [-0.4, -0.2) is 23.4 Å². The number of phenolic OH excluding ortho intramolecular Hbond substituents is 2. The Morgan fingerprint density at radius 2 is 0.690 bits per heavy atom. The summed E-state index contributed by atoms with van der Waals surface area (Å²) < 4.78 is 13.1. The van der Waals surface area contributed by atoms with Crippen LogP contribution < -0.4 is 9.47 Å². The van der Waals surface area contributed by atoms with E-state index in [1.165, 1.54) is 22.3 Å². The lowest BCUT2D eigenvalue weighted by Gasteiger charge is -2.27. The Labute approximate surface area is 351 Å². The number of fused-ring (bicyclic) bond motifs is 8. The fraction of sp³-hybridized carbons (Fsp3) is 0.481. The van der Waals surface area contributed by atoms with Crippen LogP contribution in [0.15, 0.2) is 73.8 Å². The molecule has 2 N–H and O–H groups in total. The van der Waals surface area contributed by atoms with Gasteiger partial charge in [0.05, 0.1) is 0 Å². The molecule has 1 aliphatic rings. The molecule has 0 aromatic heterocycles. The van der Waals surface area contributed by atoms with E-state index in [0.717, 1.165) is 81.7 Å². The van der Waals surface area contributed by atoms with Gasteiger partial charge in [0.1, 0.15) is 36.2 Å². The minimum absolute atomic E-state index is 0.0973. The van der Waals surface area contributed by atoms with Crippen molar-refractivity contribution in [3.63, 3.8) is 0 Å². The third-order valence-electron chi connectivity index (χ3n) is 11.7. The van der Waals surface area contributed by atoms with Crippen molar-refractivity contribution in [2.24, 2.45) is 0 Å². The predicted octanol–water partition coefficient (Wildman–Crippen LogP) is 13.3. The van der Waals surface area contributed by atoms with Gasteiger partial charge in [-0.2, -0.15) is 0 Å². The van der Waals surface area contributed by atoms with Crippen molar-refractivity contribution >= 4 is 0 Å². The summed E-state index contributed by atoms with van der Waals surface area (Å²) in [5.74, 6) is 2.49. The van der Waals surface area contributed by atoms with E-state index < -0.39 is 0 Å². The second-order valence-corrected chi connectivity index (χ2v) is 20.8. The number of ether oxygens (including phenoxy) is 2. The molecule has 4 heteroatoms. The summed E-state index contributed by atoms with van der Waals surface area (Å²) in [5, 5.41) is 24.3. The molecular weight excluding hydrogens is 713 g/mol. The molecule has 58 heavy (non-hydrogen) atoms. The van der Waals surface area contributed by atoms with Gasteiger partial charge >= 0.3 is 0 Å². The molecule has 0 saturated heterocycles. The maximum absolute atomic E-state index is 12.1. The van der Waals surface area contributed by atoms with Gasteiger partial charge in [-0.25, -0.2) is 0 Å². The Morgan fingerprint density at radius 1 is 0.431 bits per heavy atom. The molecule has 0 amide bonds. The summed E-state index contributed by atoms with van der Waals surface area (Å²) in [6.45, 7) is 35.7. The van der Waals surface area contributed by atoms with Crippen molar-refractivity contribution in [2.45, 2.75) is 156 Å². The van der Waals surface area contributed by atoms with E-state index in [1.54, 1.807) is 12.2 Å². The average molecular weight is 785 g/mol. The molecule has 0 aliphatic heterocycles. The zero-order chi connectivity index (χ0) is 42.8. The highest BCUT2D eigenvalue weighted by atomic mass is 16.5. The molecule has 1 aliphatic carbocycles. The lowest BCUT2D eigenvalue weighted by molar-refractivity contribution is 0.354. The molecule has 4 nitrogen and oxygen atoms in total. The van der Waals surface area contributed by atoms with Gasteiger partial charge in [0.2, 0.25) is 0 Å². The molecular formula is C54H72O4. The van der Waals surface area contributed by atoms with Gasteiger partial charge in [-0.15, -0.1) is 0 Å². The molecule has 0 saturated carbocycles.